The van der Waals surface area contributed by atoms with Crippen LogP contribution in [0.2, 0.25) is 0 Å². The SMILES string of the molecule is CC.CC.Cc1ccc(-n2nccc2C(C)C)cc1. The number of hydrogen-bond acceptors (Lipinski definition) is 1. The first-order chi connectivity index (χ1) is 9.18. The molecule has 106 valence electrons. The molecule has 0 radical (unpaired) electrons. The standard InChI is InChI=1S/C13H16N2.2C2H6/c1-10(2)13-8-9-14-15(13)12-6-4-11(3)5-7-12;2*1-2/h4-10H,1-3H3;2*1-2H3. The monoisotopic (exact) mass is 260 g/mol. The summed E-state index contributed by atoms with van der Waals surface area (Å²) in [6.07, 6.45) is 1.86. The molecule has 1 aromatic heterocycles. The zero-order valence-corrected chi connectivity index (χ0v) is 13.4. The first-order valence-electron chi connectivity index (χ1n) is 7.29. The summed E-state index contributed by atoms with van der Waals surface area (Å²) in [5.74, 6) is 0.494. The molecule has 2 rings (SSSR count). The molecule has 0 aliphatic carbocycles. The number of benzene rings is 1. The first-order valence-corrected chi connectivity index (χ1v) is 7.29. The Kier molecular flexibility index (Phi) is 8.60. The molecule has 0 bridgehead atoms. The summed E-state index contributed by atoms with van der Waals surface area (Å²) in [7, 11) is 0. The van der Waals surface area contributed by atoms with Gasteiger partial charge in [0.25, 0.3) is 0 Å². The smallest absolute Gasteiger partial charge is 0.0649 e. The highest BCUT2D eigenvalue weighted by molar-refractivity contribution is 5.35. The van der Waals surface area contributed by atoms with Crippen molar-refractivity contribution in [3.63, 3.8) is 0 Å². The second kappa shape index (κ2) is 9.37. The Balaban J connectivity index is 0.000000741. The topological polar surface area (TPSA) is 17.8 Å². The maximum absolute atomic E-state index is 4.35. The molecular formula is C17H28N2. The normalized spacial score (nSPS) is 9.26. The van der Waals surface area contributed by atoms with E-state index in [0.717, 1.165) is 5.69 Å². The summed E-state index contributed by atoms with van der Waals surface area (Å²) < 4.78 is 2.00. The van der Waals surface area contributed by atoms with Crippen LogP contribution >= 0.6 is 0 Å². The lowest BCUT2D eigenvalue weighted by Gasteiger charge is -2.10. The largest absolute Gasteiger partial charge is 0.238 e. The molecule has 0 saturated carbocycles. The molecule has 0 saturated heterocycles. The van der Waals surface area contributed by atoms with Crippen LogP contribution in [0.3, 0.4) is 0 Å². The Bertz CT molecular complexity index is 439. The van der Waals surface area contributed by atoms with Gasteiger partial charge in [0.1, 0.15) is 0 Å². The fourth-order valence-electron chi connectivity index (χ4n) is 1.65. The number of aromatic nitrogens is 2. The quantitative estimate of drug-likeness (QED) is 0.711. The van der Waals surface area contributed by atoms with E-state index in [1.54, 1.807) is 0 Å². The predicted molar refractivity (Wildman–Crippen MR) is 85.1 cm³/mol. The van der Waals surface area contributed by atoms with Crippen LogP contribution in [-0.4, -0.2) is 9.78 Å². The van der Waals surface area contributed by atoms with Crippen molar-refractivity contribution in [1.29, 1.82) is 0 Å². The van der Waals surface area contributed by atoms with Crippen LogP contribution in [0.4, 0.5) is 0 Å². The Morgan fingerprint density at radius 2 is 1.42 bits per heavy atom. The van der Waals surface area contributed by atoms with Crippen molar-refractivity contribution in [3.8, 4) is 5.69 Å². The zero-order valence-electron chi connectivity index (χ0n) is 13.4. The second-order valence-corrected chi connectivity index (χ2v) is 4.16. The van der Waals surface area contributed by atoms with E-state index in [2.05, 4.69) is 56.2 Å². The average Bonchev–Trinajstić information content (AvgIpc) is 2.94. The van der Waals surface area contributed by atoms with E-state index in [9.17, 15) is 0 Å². The lowest BCUT2D eigenvalue weighted by molar-refractivity contribution is 0.734. The average molecular weight is 260 g/mol. The van der Waals surface area contributed by atoms with Crippen molar-refractivity contribution < 1.29 is 0 Å². The molecule has 0 aliphatic heterocycles. The molecule has 0 unspecified atom stereocenters. The summed E-state index contributed by atoms with van der Waals surface area (Å²) in [5.41, 5.74) is 3.66. The van der Waals surface area contributed by atoms with Crippen LogP contribution in [0.15, 0.2) is 36.5 Å². The van der Waals surface area contributed by atoms with Gasteiger partial charge in [-0.1, -0.05) is 59.2 Å². The van der Waals surface area contributed by atoms with Gasteiger partial charge in [-0.05, 0) is 31.0 Å². The molecule has 19 heavy (non-hydrogen) atoms. The van der Waals surface area contributed by atoms with Gasteiger partial charge in [0, 0.05) is 11.9 Å². The van der Waals surface area contributed by atoms with E-state index in [1.807, 2.05) is 38.6 Å². The number of aryl methyl sites for hydroxylation is 1. The minimum atomic E-state index is 0.494. The van der Waals surface area contributed by atoms with Gasteiger partial charge < -0.3 is 0 Å². The maximum Gasteiger partial charge on any atom is 0.0649 e. The van der Waals surface area contributed by atoms with Crippen molar-refractivity contribution >= 4 is 0 Å². The highest BCUT2D eigenvalue weighted by Crippen LogP contribution is 2.18. The first kappa shape index (κ1) is 17.4. The van der Waals surface area contributed by atoms with Gasteiger partial charge in [0.05, 0.1) is 5.69 Å². The Hall–Kier alpha value is -1.57. The van der Waals surface area contributed by atoms with Crippen molar-refractivity contribution in [2.24, 2.45) is 0 Å². The highest BCUT2D eigenvalue weighted by atomic mass is 15.3. The molecule has 0 aliphatic rings. The fraction of sp³-hybridized carbons (Fsp3) is 0.471. The minimum Gasteiger partial charge on any atom is -0.238 e. The summed E-state index contributed by atoms with van der Waals surface area (Å²) >= 11 is 0. The molecule has 1 heterocycles. The third-order valence-electron chi connectivity index (χ3n) is 2.54. The maximum atomic E-state index is 4.35. The highest BCUT2D eigenvalue weighted by Gasteiger charge is 2.07. The fourth-order valence-corrected chi connectivity index (χ4v) is 1.65. The van der Waals surface area contributed by atoms with Crippen LogP contribution in [0.5, 0.6) is 0 Å². The van der Waals surface area contributed by atoms with E-state index in [-0.39, 0.29) is 0 Å². The van der Waals surface area contributed by atoms with E-state index >= 15 is 0 Å². The van der Waals surface area contributed by atoms with Gasteiger partial charge in [-0.2, -0.15) is 5.10 Å². The van der Waals surface area contributed by atoms with Crippen LogP contribution in [0.1, 0.15) is 58.7 Å². The summed E-state index contributed by atoms with van der Waals surface area (Å²) in [4.78, 5) is 0. The number of nitrogens with zero attached hydrogens (tertiary/aromatic N) is 2. The lowest BCUT2D eigenvalue weighted by Crippen LogP contribution is -2.03. The molecule has 0 spiro atoms. The molecule has 0 amide bonds. The molecule has 2 aromatic rings. The van der Waals surface area contributed by atoms with Crippen LogP contribution in [0.25, 0.3) is 5.69 Å². The molecule has 0 fully saturated rings. The molecule has 1 aromatic carbocycles. The molecule has 0 atom stereocenters. The van der Waals surface area contributed by atoms with Crippen molar-refractivity contribution in [1.82, 2.24) is 9.78 Å². The Labute approximate surface area is 118 Å². The summed E-state index contributed by atoms with van der Waals surface area (Å²) in [6, 6.07) is 10.5. The number of rotatable bonds is 2. The van der Waals surface area contributed by atoms with Gasteiger partial charge in [0.15, 0.2) is 0 Å². The van der Waals surface area contributed by atoms with Crippen LogP contribution < -0.4 is 0 Å². The van der Waals surface area contributed by atoms with Crippen molar-refractivity contribution in [3.05, 3.63) is 47.8 Å². The minimum absolute atomic E-state index is 0.494. The van der Waals surface area contributed by atoms with Crippen molar-refractivity contribution in [2.45, 2.75) is 54.4 Å². The van der Waals surface area contributed by atoms with Gasteiger partial charge in [-0.3, -0.25) is 0 Å². The van der Waals surface area contributed by atoms with Crippen molar-refractivity contribution in [2.75, 3.05) is 0 Å². The van der Waals surface area contributed by atoms with E-state index in [1.165, 1.54) is 11.3 Å². The predicted octanol–water partition coefficient (Wildman–Crippen LogP) is 5.36. The lowest BCUT2D eigenvalue weighted by atomic mass is 10.1. The van der Waals surface area contributed by atoms with Gasteiger partial charge >= 0.3 is 0 Å². The van der Waals surface area contributed by atoms with Crippen LogP contribution in [-0.2, 0) is 0 Å². The van der Waals surface area contributed by atoms with E-state index < -0.39 is 0 Å². The van der Waals surface area contributed by atoms with E-state index in [4.69, 9.17) is 0 Å². The Morgan fingerprint density at radius 1 is 0.895 bits per heavy atom. The molecule has 0 N–H and O–H groups in total. The second-order valence-electron chi connectivity index (χ2n) is 4.16. The van der Waals surface area contributed by atoms with Crippen LogP contribution in [0, 0.1) is 6.92 Å². The van der Waals surface area contributed by atoms with E-state index in [0.29, 0.717) is 5.92 Å². The Morgan fingerprint density at radius 3 is 1.89 bits per heavy atom. The molecule has 2 heteroatoms. The molecule has 2 nitrogen and oxygen atoms in total. The third-order valence-corrected chi connectivity index (χ3v) is 2.54. The third kappa shape index (κ3) is 4.90. The zero-order chi connectivity index (χ0) is 14.8. The van der Waals surface area contributed by atoms with Gasteiger partial charge in [0.2, 0.25) is 0 Å². The molecular weight excluding hydrogens is 232 g/mol. The summed E-state index contributed by atoms with van der Waals surface area (Å²) in [6.45, 7) is 14.5. The number of hydrogen-bond donors (Lipinski definition) is 0. The van der Waals surface area contributed by atoms with Gasteiger partial charge in [-0.15, -0.1) is 0 Å². The van der Waals surface area contributed by atoms with Gasteiger partial charge in [-0.25, -0.2) is 4.68 Å². The summed E-state index contributed by atoms with van der Waals surface area (Å²) in [5, 5.41) is 4.35.